The first kappa shape index (κ1) is 8.49. The molecule has 0 radical (unpaired) electrons. The van der Waals surface area contributed by atoms with Crippen LogP contribution in [0.5, 0.6) is 0 Å². The summed E-state index contributed by atoms with van der Waals surface area (Å²) in [5.41, 5.74) is 2.97. The molecule has 72 valence electrons. The van der Waals surface area contributed by atoms with E-state index in [1.165, 1.54) is 6.07 Å². The second-order valence-corrected chi connectivity index (χ2v) is 2.64. The van der Waals surface area contributed by atoms with E-state index in [2.05, 4.69) is 10.5 Å². The van der Waals surface area contributed by atoms with E-state index >= 15 is 0 Å². The van der Waals surface area contributed by atoms with E-state index in [4.69, 9.17) is 4.74 Å². The van der Waals surface area contributed by atoms with Crippen LogP contribution >= 0.6 is 0 Å². The monoisotopic (exact) mass is 193 g/mol. The Kier molecular flexibility index (Phi) is 2.02. The van der Waals surface area contributed by atoms with E-state index in [1.807, 2.05) is 0 Å². The molecule has 0 saturated carbocycles. The molecular formula is C8H7N3O3. The zero-order valence-corrected chi connectivity index (χ0v) is 7.14. The molecule has 2 rings (SSSR count). The number of nitro benzene ring substituents is 1. The van der Waals surface area contributed by atoms with Crippen molar-refractivity contribution in [1.82, 2.24) is 5.43 Å². The first-order chi connectivity index (χ1) is 6.79. The fourth-order valence-electron chi connectivity index (χ4n) is 1.19. The fraction of sp³-hybridized carbons (Fsp3) is 0.125. The van der Waals surface area contributed by atoms with Crippen LogP contribution in [-0.2, 0) is 4.74 Å². The molecule has 1 aliphatic heterocycles. The summed E-state index contributed by atoms with van der Waals surface area (Å²) in [5.74, 6) is 0.261. The topological polar surface area (TPSA) is 76.8 Å². The SMILES string of the molecule is O=[N+]([O-])c1ccccc1C1=NNCO1. The van der Waals surface area contributed by atoms with Crippen molar-refractivity contribution in [2.75, 3.05) is 6.73 Å². The summed E-state index contributed by atoms with van der Waals surface area (Å²) in [6.07, 6.45) is 0. The normalized spacial score (nSPS) is 14.1. The lowest BCUT2D eigenvalue weighted by molar-refractivity contribution is -0.385. The number of para-hydroxylation sites is 1. The number of nitrogens with one attached hydrogen (secondary N) is 1. The number of nitro groups is 1. The summed E-state index contributed by atoms with van der Waals surface area (Å²) in [4.78, 5) is 10.2. The molecule has 0 spiro atoms. The summed E-state index contributed by atoms with van der Waals surface area (Å²) >= 11 is 0. The van der Waals surface area contributed by atoms with Crippen molar-refractivity contribution < 1.29 is 9.66 Å². The Bertz CT molecular complexity index is 403. The average Bonchev–Trinajstić information content (AvgIpc) is 2.70. The third-order valence-corrected chi connectivity index (χ3v) is 1.79. The first-order valence-corrected chi connectivity index (χ1v) is 3.96. The van der Waals surface area contributed by atoms with Crippen molar-refractivity contribution in [3.8, 4) is 0 Å². The van der Waals surface area contributed by atoms with Crippen LogP contribution in [0.25, 0.3) is 0 Å². The van der Waals surface area contributed by atoms with Crippen LogP contribution in [0.2, 0.25) is 0 Å². The van der Waals surface area contributed by atoms with Gasteiger partial charge in [-0.15, -0.1) is 5.10 Å². The Morgan fingerprint density at radius 1 is 1.50 bits per heavy atom. The third kappa shape index (κ3) is 1.37. The molecule has 0 amide bonds. The zero-order valence-electron chi connectivity index (χ0n) is 7.14. The lowest BCUT2D eigenvalue weighted by atomic mass is 10.2. The van der Waals surface area contributed by atoms with Crippen LogP contribution in [0.4, 0.5) is 5.69 Å². The van der Waals surface area contributed by atoms with Gasteiger partial charge >= 0.3 is 0 Å². The Balaban J connectivity index is 2.46. The Morgan fingerprint density at radius 3 is 2.93 bits per heavy atom. The lowest BCUT2D eigenvalue weighted by Gasteiger charge is -2.00. The van der Waals surface area contributed by atoms with Crippen LogP contribution < -0.4 is 5.43 Å². The second kappa shape index (κ2) is 3.33. The molecule has 6 heteroatoms. The van der Waals surface area contributed by atoms with Gasteiger partial charge in [-0.25, -0.2) is 0 Å². The van der Waals surface area contributed by atoms with Crippen molar-refractivity contribution in [1.29, 1.82) is 0 Å². The molecule has 1 aliphatic rings. The second-order valence-electron chi connectivity index (χ2n) is 2.64. The van der Waals surface area contributed by atoms with Crippen LogP contribution in [0.15, 0.2) is 29.4 Å². The van der Waals surface area contributed by atoms with E-state index in [0.29, 0.717) is 5.56 Å². The van der Waals surface area contributed by atoms with Gasteiger partial charge in [-0.2, -0.15) is 0 Å². The van der Waals surface area contributed by atoms with E-state index in [0.717, 1.165) is 0 Å². The number of hydrogen-bond acceptors (Lipinski definition) is 5. The molecule has 1 aromatic carbocycles. The van der Waals surface area contributed by atoms with E-state index in [1.54, 1.807) is 18.2 Å². The minimum Gasteiger partial charge on any atom is -0.453 e. The lowest BCUT2D eigenvalue weighted by Crippen LogP contribution is -2.05. The number of nitrogens with zero attached hydrogens (tertiary/aromatic N) is 2. The van der Waals surface area contributed by atoms with E-state index < -0.39 is 4.92 Å². The van der Waals surface area contributed by atoms with Gasteiger partial charge in [0.15, 0.2) is 6.73 Å². The Labute approximate surface area is 79.3 Å². The Hall–Kier alpha value is -2.11. The van der Waals surface area contributed by atoms with Gasteiger partial charge in [-0.3, -0.25) is 15.5 Å². The van der Waals surface area contributed by atoms with Crippen LogP contribution in [0.1, 0.15) is 5.56 Å². The highest BCUT2D eigenvalue weighted by Gasteiger charge is 2.20. The quantitative estimate of drug-likeness (QED) is 0.557. The molecule has 0 atom stereocenters. The molecule has 1 aromatic rings. The predicted molar refractivity (Wildman–Crippen MR) is 48.7 cm³/mol. The first-order valence-electron chi connectivity index (χ1n) is 3.96. The van der Waals surface area contributed by atoms with Crippen molar-refractivity contribution in [3.63, 3.8) is 0 Å². The molecule has 0 saturated heterocycles. The molecule has 0 unspecified atom stereocenters. The van der Waals surface area contributed by atoms with E-state index in [-0.39, 0.29) is 18.3 Å². The van der Waals surface area contributed by atoms with Gasteiger partial charge in [-0.1, -0.05) is 12.1 Å². The average molecular weight is 193 g/mol. The number of ether oxygens (including phenoxy) is 1. The highest BCUT2D eigenvalue weighted by atomic mass is 16.6. The summed E-state index contributed by atoms with van der Waals surface area (Å²) in [7, 11) is 0. The smallest absolute Gasteiger partial charge is 0.282 e. The minimum absolute atomic E-state index is 0.00468. The number of hydrazone groups is 1. The highest BCUT2D eigenvalue weighted by Crippen LogP contribution is 2.19. The summed E-state index contributed by atoms with van der Waals surface area (Å²) < 4.78 is 5.06. The maximum Gasteiger partial charge on any atom is 0.282 e. The van der Waals surface area contributed by atoms with E-state index in [9.17, 15) is 10.1 Å². The molecule has 0 bridgehead atoms. The largest absolute Gasteiger partial charge is 0.453 e. The number of hydrogen-bond donors (Lipinski definition) is 1. The zero-order chi connectivity index (χ0) is 9.97. The van der Waals surface area contributed by atoms with Gasteiger partial charge in [0.2, 0.25) is 5.90 Å². The summed E-state index contributed by atoms with van der Waals surface area (Å²) in [6.45, 7) is 0.251. The molecule has 6 nitrogen and oxygen atoms in total. The van der Waals surface area contributed by atoms with Gasteiger partial charge in [0.25, 0.3) is 5.69 Å². The van der Waals surface area contributed by atoms with Gasteiger partial charge < -0.3 is 4.74 Å². The van der Waals surface area contributed by atoms with Gasteiger partial charge in [0.05, 0.1) is 4.92 Å². The number of rotatable bonds is 2. The van der Waals surface area contributed by atoms with Crippen molar-refractivity contribution in [2.45, 2.75) is 0 Å². The maximum atomic E-state index is 10.7. The highest BCUT2D eigenvalue weighted by molar-refractivity contribution is 5.98. The van der Waals surface area contributed by atoms with Crippen molar-refractivity contribution in [3.05, 3.63) is 39.9 Å². The number of benzene rings is 1. The summed E-state index contributed by atoms with van der Waals surface area (Å²) in [6, 6.07) is 6.32. The molecule has 0 aliphatic carbocycles. The standard InChI is InChI=1S/C8H7N3O3/c12-11(13)7-4-2-1-3-6(7)8-10-9-5-14-8/h1-4,9H,5H2. The van der Waals surface area contributed by atoms with Crippen LogP contribution in [-0.4, -0.2) is 17.6 Å². The molecule has 14 heavy (non-hydrogen) atoms. The molecular weight excluding hydrogens is 186 g/mol. The predicted octanol–water partition coefficient (Wildman–Crippen LogP) is 0.834. The van der Waals surface area contributed by atoms with Gasteiger partial charge in [0.1, 0.15) is 5.56 Å². The molecule has 1 N–H and O–H groups in total. The summed E-state index contributed by atoms with van der Waals surface area (Å²) in [5, 5.41) is 14.4. The van der Waals surface area contributed by atoms with Crippen LogP contribution in [0, 0.1) is 10.1 Å². The molecule has 0 aromatic heterocycles. The molecule has 1 heterocycles. The fourth-order valence-corrected chi connectivity index (χ4v) is 1.19. The van der Waals surface area contributed by atoms with Crippen molar-refractivity contribution >= 4 is 11.6 Å². The molecule has 0 fully saturated rings. The minimum atomic E-state index is -0.459. The third-order valence-electron chi connectivity index (χ3n) is 1.79. The Morgan fingerprint density at radius 2 is 2.29 bits per heavy atom. The van der Waals surface area contributed by atoms with Gasteiger partial charge in [0, 0.05) is 6.07 Å². The van der Waals surface area contributed by atoms with Gasteiger partial charge in [-0.05, 0) is 6.07 Å². The maximum absolute atomic E-state index is 10.7. The van der Waals surface area contributed by atoms with Crippen LogP contribution in [0.3, 0.4) is 0 Å². The van der Waals surface area contributed by atoms with Crippen molar-refractivity contribution in [2.24, 2.45) is 5.10 Å².